The lowest BCUT2D eigenvalue weighted by Crippen LogP contribution is -2.39. The summed E-state index contributed by atoms with van der Waals surface area (Å²) in [6.45, 7) is 10.1. The highest BCUT2D eigenvalue weighted by Crippen LogP contribution is 2.18. The Morgan fingerprint density at radius 3 is 2.45 bits per heavy atom. The Hall–Kier alpha value is -1.65. The van der Waals surface area contributed by atoms with Gasteiger partial charge in [-0.2, -0.15) is 0 Å². The molecule has 0 bridgehead atoms. The number of hydrogen-bond acceptors (Lipinski definition) is 4. The highest BCUT2D eigenvalue weighted by molar-refractivity contribution is 5.93. The lowest BCUT2D eigenvalue weighted by Gasteiger charge is -2.31. The summed E-state index contributed by atoms with van der Waals surface area (Å²) in [7, 11) is 0. The number of likely N-dealkylation sites (tertiary alicyclic amines) is 1. The highest BCUT2D eigenvalue weighted by atomic mass is 16.2. The summed E-state index contributed by atoms with van der Waals surface area (Å²) in [5.41, 5.74) is 0.603. The molecule has 1 aromatic rings. The van der Waals surface area contributed by atoms with E-state index in [-0.39, 0.29) is 5.91 Å². The molecule has 0 aliphatic carbocycles. The first-order valence-corrected chi connectivity index (χ1v) is 8.52. The SMILES string of the molecule is CCCN(CCC)c1ncc(C(=O)N2CCCC(C)C2)cn1. The lowest BCUT2D eigenvalue weighted by atomic mass is 10.00. The van der Waals surface area contributed by atoms with E-state index in [9.17, 15) is 4.79 Å². The minimum Gasteiger partial charge on any atom is -0.341 e. The van der Waals surface area contributed by atoms with Crippen LogP contribution in [0.4, 0.5) is 5.95 Å². The van der Waals surface area contributed by atoms with E-state index in [1.54, 1.807) is 12.4 Å². The second-order valence-electron chi connectivity index (χ2n) is 6.26. The molecule has 1 fully saturated rings. The Bertz CT molecular complexity index is 468. The summed E-state index contributed by atoms with van der Waals surface area (Å²) in [4.78, 5) is 25.5. The molecule has 1 aromatic heterocycles. The van der Waals surface area contributed by atoms with Gasteiger partial charge in [-0.1, -0.05) is 20.8 Å². The summed E-state index contributed by atoms with van der Waals surface area (Å²) in [6.07, 6.45) is 7.80. The summed E-state index contributed by atoms with van der Waals surface area (Å²) >= 11 is 0. The molecule has 1 atom stereocenters. The Kier molecular flexibility index (Phi) is 6.16. The van der Waals surface area contributed by atoms with Crippen LogP contribution in [0.25, 0.3) is 0 Å². The van der Waals surface area contributed by atoms with E-state index in [4.69, 9.17) is 0 Å². The van der Waals surface area contributed by atoms with E-state index >= 15 is 0 Å². The van der Waals surface area contributed by atoms with Crippen LogP contribution in [0, 0.1) is 5.92 Å². The van der Waals surface area contributed by atoms with Gasteiger partial charge < -0.3 is 9.80 Å². The molecule has 0 aromatic carbocycles. The Balaban J connectivity index is 2.05. The second kappa shape index (κ2) is 8.11. The molecular formula is C17H28N4O. The Labute approximate surface area is 133 Å². The molecule has 0 radical (unpaired) electrons. The minimum atomic E-state index is 0.0654. The molecule has 1 amide bonds. The van der Waals surface area contributed by atoms with Crippen LogP contribution in [0.5, 0.6) is 0 Å². The van der Waals surface area contributed by atoms with Gasteiger partial charge in [0.15, 0.2) is 0 Å². The molecule has 2 heterocycles. The van der Waals surface area contributed by atoms with Crippen LogP contribution in [0.1, 0.15) is 56.8 Å². The number of amides is 1. The predicted octanol–water partition coefficient (Wildman–Crippen LogP) is 2.98. The quantitative estimate of drug-likeness (QED) is 0.810. The summed E-state index contributed by atoms with van der Waals surface area (Å²) in [6, 6.07) is 0. The second-order valence-corrected chi connectivity index (χ2v) is 6.26. The van der Waals surface area contributed by atoms with Gasteiger partial charge in [0.25, 0.3) is 5.91 Å². The van der Waals surface area contributed by atoms with Crippen molar-refractivity contribution in [2.45, 2.75) is 46.5 Å². The van der Waals surface area contributed by atoms with Crippen LogP contribution in [-0.2, 0) is 0 Å². The monoisotopic (exact) mass is 304 g/mol. The van der Waals surface area contributed by atoms with Crippen molar-refractivity contribution in [3.8, 4) is 0 Å². The zero-order valence-corrected chi connectivity index (χ0v) is 14.1. The van der Waals surface area contributed by atoms with E-state index in [0.717, 1.165) is 51.4 Å². The van der Waals surface area contributed by atoms with Gasteiger partial charge in [0.2, 0.25) is 5.95 Å². The Morgan fingerprint density at radius 2 is 1.91 bits per heavy atom. The van der Waals surface area contributed by atoms with E-state index in [1.165, 1.54) is 6.42 Å². The van der Waals surface area contributed by atoms with E-state index < -0.39 is 0 Å². The maximum absolute atomic E-state index is 12.5. The van der Waals surface area contributed by atoms with Crippen molar-refractivity contribution in [2.24, 2.45) is 5.92 Å². The number of anilines is 1. The third kappa shape index (κ3) is 4.18. The molecule has 0 spiro atoms. The fourth-order valence-electron chi connectivity index (χ4n) is 3.00. The molecule has 1 aliphatic heterocycles. The fraction of sp³-hybridized carbons (Fsp3) is 0.706. The van der Waals surface area contributed by atoms with Crippen LogP contribution >= 0.6 is 0 Å². The number of carbonyl (C=O) groups is 1. The fourth-order valence-corrected chi connectivity index (χ4v) is 3.00. The maximum Gasteiger partial charge on any atom is 0.257 e. The van der Waals surface area contributed by atoms with E-state index in [1.807, 2.05) is 4.90 Å². The molecule has 1 aliphatic rings. The molecule has 1 saturated heterocycles. The van der Waals surface area contributed by atoms with Crippen LogP contribution < -0.4 is 4.90 Å². The van der Waals surface area contributed by atoms with Crippen molar-refractivity contribution in [3.63, 3.8) is 0 Å². The van der Waals surface area contributed by atoms with Gasteiger partial charge in [0.1, 0.15) is 0 Å². The average Bonchev–Trinajstić information content (AvgIpc) is 2.54. The summed E-state index contributed by atoms with van der Waals surface area (Å²) < 4.78 is 0. The maximum atomic E-state index is 12.5. The first-order chi connectivity index (χ1) is 10.7. The Morgan fingerprint density at radius 1 is 1.27 bits per heavy atom. The summed E-state index contributed by atoms with van der Waals surface area (Å²) in [5, 5.41) is 0. The molecule has 5 nitrogen and oxygen atoms in total. The third-order valence-electron chi connectivity index (χ3n) is 4.10. The molecule has 0 saturated carbocycles. The third-order valence-corrected chi connectivity index (χ3v) is 4.10. The van der Waals surface area contributed by atoms with E-state index in [0.29, 0.717) is 11.5 Å². The van der Waals surface area contributed by atoms with Gasteiger partial charge >= 0.3 is 0 Å². The van der Waals surface area contributed by atoms with E-state index in [2.05, 4.69) is 35.6 Å². The zero-order valence-electron chi connectivity index (χ0n) is 14.1. The predicted molar refractivity (Wildman–Crippen MR) is 89.1 cm³/mol. The molecule has 122 valence electrons. The van der Waals surface area contributed by atoms with Crippen molar-refractivity contribution < 1.29 is 4.79 Å². The van der Waals surface area contributed by atoms with Crippen LogP contribution in [0.3, 0.4) is 0 Å². The van der Waals surface area contributed by atoms with Crippen molar-refractivity contribution in [1.82, 2.24) is 14.9 Å². The molecule has 0 N–H and O–H groups in total. The molecule has 1 unspecified atom stereocenters. The van der Waals surface area contributed by atoms with Crippen molar-refractivity contribution in [2.75, 3.05) is 31.1 Å². The van der Waals surface area contributed by atoms with Gasteiger partial charge in [-0.15, -0.1) is 0 Å². The van der Waals surface area contributed by atoms with Gasteiger partial charge in [-0.3, -0.25) is 4.79 Å². The van der Waals surface area contributed by atoms with Gasteiger partial charge in [-0.25, -0.2) is 9.97 Å². The lowest BCUT2D eigenvalue weighted by molar-refractivity contribution is 0.0682. The van der Waals surface area contributed by atoms with Crippen molar-refractivity contribution in [3.05, 3.63) is 18.0 Å². The average molecular weight is 304 g/mol. The first kappa shape index (κ1) is 16.7. The van der Waals surface area contributed by atoms with Crippen LogP contribution in [0.15, 0.2) is 12.4 Å². The minimum absolute atomic E-state index is 0.0654. The first-order valence-electron chi connectivity index (χ1n) is 8.52. The zero-order chi connectivity index (χ0) is 15.9. The number of nitrogens with zero attached hydrogens (tertiary/aromatic N) is 4. The normalized spacial score (nSPS) is 18.3. The number of piperidine rings is 1. The number of carbonyl (C=O) groups excluding carboxylic acids is 1. The van der Waals surface area contributed by atoms with Gasteiger partial charge in [-0.05, 0) is 31.6 Å². The van der Waals surface area contributed by atoms with Gasteiger partial charge in [0, 0.05) is 38.6 Å². The van der Waals surface area contributed by atoms with Crippen molar-refractivity contribution in [1.29, 1.82) is 0 Å². The molecule has 22 heavy (non-hydrogen) atoms. The largest absolute Gasteiger partial charge is 0.341 e. The van der Waals surface area contributed by atoms with Crippen LogP contribution in [-0.4, -0.2) is 47.0 Å². The molecule has 5 heteroatoms. The van der Waals surface area contributed by atoms with Crippen LogP contribution in [0.2, 0.25) is 0 Å². The topological polar surface area (TPSA) is 49.3 Å². The number of aromatic nitrogens is 2. The highest BCUT2D eigenvalue weighted by Gasteiger charge is 2.22. The molecular weight excluding hydrogens is 276 g/mol. The van der Waals surface area contributed by atoms with Gasteiger partial charge in [0.05, 0.1) is 5.56 Å². The van der Waals surface area contributed by atoms with Crippen molar-refractivity contribution >= 4 is 11.9 Å². The smallest absolute Gasteiger partial charge is 0.257 e. The standard InChI is InChI=1S/C17H28N4O/c1-4-8-20(9-5-2)17-18-11-15(12-19-17)16(22)21-10-6-7-14(3)13-21/h11-12,14H,4-10,13H2,1-3H3. The number of hydrogen-bond donors (Lipinski definition) is 0. The molecule has 2 rings (SSSR count). The number of rotatable bonds is 6. The summed E-state index contributed by atoms with van der Waals surface area (Å²) in [5.74, 6) is 1.38.